The minimum Gasteiger partial charge on any atom is -0.325 e. The number of fused-ring (bicyclic) bond motifs is 1. The van der Waals surface area contributed by atoms with Crippen LogP contribution in [0, 0.1) is 0 Å². The van der Waals surface area contributed by atoms with Crippen LogP contribution in [0.3, 0.4) is 0 Å². The minimum absolute atomic E-state index is 0.0506. The molecule has 2 heterocycles. The molecule has 27 heavy (non-hydrogen) atoms. The maximum atomic E-state index is 12.8. The SMILES string of the molecule is C[C@@H](Sc1ncnc2sccc12)C(=O)Nc1ccccc1-c1ccccc1. The van der Waals surface area contributed by atoms with E-state index in [9.17, 15) is 4.79 Å². The van der Waals surface area contributed by atoms with Crippen LogP contribution in [0.15, 0.2) is 77.4 Å². The van der Waals surface area contributed by atoms with E-state index in [0.717, 1.165) is 32.1 Å². The first kappa shape index (κ1) is 17.7. The van der Waals surface area contributed by atoms with Crippen LogP contribution >= 0.6 is 23.1 Å². The molecule has 4 rings (SSSR count). The monoisotopic (exact) mass is 391 g/mol. The van der Waals surface area contributed by atoms with E-state index < -0.39 is 0 Å². The molecule has 134 valence electrons. The molecule has 4 aromatic rings. The van der Waals surface area contributed by atoms with Gasteiger partial charge in [0.05, 0.1) is 5.25 Å². The highest BCUT2D eigenvalue weighted by Crippen LogP contribution is 2.32. The second-order valence-electron chi connectivity index (χ2n) is 5.98. The minimum atomic E-state index is -0.285. The van der Waals surface area contributed by atoms with Crippen LogP contribution in [0.2, 0.25) is 0 Å². The molecule has 4 nitrogen and oxygen atoms in total. The number of rotatable bonds is 5. The Morgan fingerprint density at radius 1 is 1.04 bits per heavy atom. The highest BCUT2D eigenvalue weighted by Gasteiger charge is 2.18. The number of carbonyl (C=O) groups is 1. The lowest BCUT2D eigenvalue weighted by Gasteiger charge is -2.15. The number of hydrogen-bond acceptors (Lipinski definition) is 5. The number of benzene rings is 2. The number of amides is 1. The molecule has 0 saturated carbocycles. The molecule has 0 unspecified atom stereocenters. The lowest BCUT2D eigenvalue weighted by atomic mass is 10.0. The summed E-state index contributed by atoms with van der Waals surface area (Å²) < 4.78 is 0. The highest BCUT2D eigenvalue weighted by molar-refractivity contribution is 8.00. The van der Waals surface area contributed by atoms with Gasteiger partial charge in [0, 0.05) is 16.6 Å². The predicted molar refractivity (Wildman–Crippen MR) is 113 cm³/mol. The molecule has 1 atom stereocenters. The summed E-state index contributed by atoms with van der Waals surface area (Å²) in [5, 5.41) is 6.61. The summed E-state index contributed by atoms with van der Waals surface area (Å²) in [4.78, 5) is 22.4. The Morgan fingerprint density at radius 3 is 2.67 bits per heavy atom. The largest absolute Gasteiger partial charge is 0.325 e. The smallest absolute Gasteiger partial charge is 0.237 e. The third-order valence-electron chi connectivity index (χ3n) is 4.15. The lowest BCUT2D eigenvalue weighted by molar-refractivity contribution is -0.115. The summed E-state index contributed by atoms with van der Waals surface area (Å²) in [7, 11) is 0. The first-order chi connectivity index (χ1) is 13.2. The Balaban J connectivity index is 1.54. The van der Waals surface area contributed by atoms with Gasteiger partial charge in [-0.25, -0.2) is 9.97 Å². The van der Waals surface area contributed by atoms with Crippen molar-refractivity contribution >= 4 is 44.9 Å². The summed E-state index contributed by atoms with van der Waals surface area (Å²) in [5.41, 5.74) is 2.89. The molecule has 6 heteroatoms. The van der Waals surface area contributed by atoms with E-state index in [4.69, 9.17) is 0 Å². The van der Waals surface area contributed by atoms with Crippen LogP contribution in [0.4, 0.5) is 5.69 Å². The molecule has 0 fully saturated rings. The fourth-order valence-corrected chi connectivity index (χ4v) is 4.48. The number of nitrogens with zero attached hydrogens (tertiary/aromatic N) is 2. The maximum absolute atomic E-state index is 12.8. The lowest BCUT2D eigenvalue weighted by Crippen LogP contribution is -2.22. The molecule has 0 saturated heterocycles. The maximum Gasteiger partial charge on any atom is 0.237 e. The van der Waals surface area contributed by atoms with Crippen molar-refractivity contribution in [1.82, 2.24) is 9.97 Å². The first-order valence-corrected chi connectivity index (χ1v) is 10.3. The number of para-hydroxylation sites is 1. The van der Waals surface area contributed by atoms with E-state index in [1.165, 1.54) is 11.8 Å². The number of nitrogens with one attached hydrogen (secondary N) is 1. The normalized spacial score (nSPS) is 12.0. The molecule has 2 aromatic carbocycles. The summed E-state index contributed by atoms with van der Waals surface area (Å²) in [6, 6.07) is 19.9. The van der Waals surface area contributed by atoms with Crippen LogP contribution in [-0.4, -0.2) is 21.1 Å². The van der Waals surface area contributed by atoms with E-state index in [1.54, 1.807) is 17.7 Å². The van der Waals surface area contributed by atoms with Crippen molar-refractivity contribution in [3.05, 3.63) is 72.4 Å². The van der Waals surface area contributed by atoms with Gasteiger partial charge in [-0.15, -0.1) is 11.3 Å². The zero-order valence-electron chi connectivity index (χ0n) is 14.6. The molecule has 0 radical (unpaired) electrons. The molecule has 0 aliphatic rings. The van der Waals surface area contributed by atoms with Gasteiger partial charge in [-0.3, -0.25) is 4.79 Å². The number of anilines is 1. The van der Waals surface area contributed by atoms with Crippen molar-refractivity contribution in [1.29, 1.82) is 0 Å². The van der Waals surface area contributed by atoms with Gasteiger partial charge in [0.1, 0.15) is 16.2 Å². The van der Waals surface area contributed by atoms with Crippen LogP contribution in [-0.2, 0) is 4.79 Å². The zero-order chi connectivity index (χ0) is 18.6. The number of thiophene rings is 1. The Morgan fingerprint density at radius 2 is 1.81 bits per heavy atom. The summed E-state index contributed by atoms with van der Waals surface area (Å²) in [6.45, 7) is 1.89. The topological polar surface area (TPSA) is 54.9 Å². The quantitative estimate of drug-likeness (QED) is 0.362. The summed E-state index contributed by atoms with van der Waals surface area (Å²) >= 11 is 3.02. The van der Waals surface area contributed by atoms with Crippen molar-refractivity contribution < 1.29 is 4.79 Å². The number of thioether (sulfide) groups is 1. The number of hydrogen-bond donors (Lipinski definition) is 1. The van der Waals surface area contributed by atoms with Crippen molar-refractivity contribution in [3.63, 3.8) is 0 Å². The van der Waals surface area contributed by atoms with Crippen molar-refractivity contribution in [2.75, 3.05) is 5.32 Å². The molecule has 1 amide bonds. The number of aromatic nitrogens is 2. The first-order valence-electron chi connectivity index (χ1n) is 8.52. The van der Waals surface area contributed by atoms with E-state index in [2.05, 4.69) is 15.3 Å². The van der Waals surface area contributed by atoms with Gasteiger partial charge in [0.15, 0.2) is 0 Å². The third kappa shape index (κ3) is 3.86. The van der Waals surface area contributed by atoms with Crippen LogP contribution < -0.4 is 5.32 Å². The molecule has 0 aliphatic heterocycles. The van der Waals surface area contributed by atoms with Gasteiger partial charge in [-0.1, -0.05) is 60.3 Å². The van der Waals surface area contributed by atoms with Gasteiger partial charge in [0.2, 0.25) is 5.91 Å². The zero-order valence-corrected chi connectivity index (χ0v) is 16.3. The van der Waals surface area contributed by atoms with Gasteiger partial charge in [0.25, 0.3) is 0 Å². The number of carbonyl (C=O) groups excluding carboxylic acids is 1. The molecule has 0 spiro atoms. The van der Waals surface area contributed by atoms with Gasteiger partial charge in [-0.05, 0) is 30.0 Å². The van der Waals surface area contributed by atoms with Gasteiger partial charge in [-0.2, -0.15) is 0 Å². The van der Waals surface area contributed by atoms with Crippen LogP contribution in [0.1, 0.15) is 6.92 Å². The standard InChI is InChI=1S/C21H17N3OS2/c1-14(27-21-17-11-12-26-20(17)22-13-23-21)19(25)24-18-10-6-5-9-16(18)15-7-3-2-4-8-15/h2-14H,1H3,(H,24,25)/t14-/m1/s1. The molecular formula is C21H17N3OS2. The highest BCUT2D eigenvalue weighted by atomic mass is 32.2. The molecule has 1 N–H and O–H groups in total. The van der Waals surface area contributed by atoms with E-state index in [0.29, 0.717) is 0 Å². The molecular weight excluding hydrogens is 374 g/mol. The molecule has 2 aromatic heterocycles. The van der Waals surface area contributed by atoms with E-state index in [1.807, 2.05) is 73.0 Å². The van der Waals surface area contributed by atoms with Crippen molar-refractivity contribution in [2.45, 2.75) is 17.2 Å². The fraction of sp³-hybridized carbons (Fsp3) is 0.0952. The fourth-order valence-electron chi connectivity index (χ4n) is 2.78. The van der Waals surface area contributed by atoms with Gasteiger partial charge >= 0.3 is 0 Å². The predicted octanol–water partition coefficient (Wildman–Crippen LogP) is 5.48. The van der Waals surface area contributed by atoms with Crippen molar-refractivity contribution in [3.8, 4) is 11.1 Å². The van der Waals surface area contributed by atoms with Crippen LogP contribution in [0.25, 0.3) is 21.3 Å². The van der Waals surface area contributed by atoms with Gasteiger partial charge < -0.3 is 5.32 Å². The Labute approximate surface area is 165 Å². The van der Waals surface area contributed by atoms with Crippen LogP contribution in [0.5, 0.6) is 0 Å². The molecule has 0 aliphatic carbocycles. The summed E-state index contributed by atoms with van der Waals surface area (Å²) in [5.74, 6) is -0.0506. The van der Waals surface area contributed by atoms with Crippen molar-refractivity contribution in [2.24, 2.45) is 0 Å². The molecule has 0 bridgehead atoms. The summed E-state index contributed by atoms with van der Waals surface area (Å²) in [6.07, 6.45) is 1.55. The average molecular weight is 392 g/mol. The average Bonchev–Trinajstić information content (AvgIpc) is 3.19. The van der Waals surface area contributed by atoms with E-state index >= 15 is 0 Å². The third-order valence-corrected chi connectivity index (χ3v) is 6.09. The second kappa shape index (κ2) is 7.90. The van der Waals surface area contributed by atoms with E-state index in [-0.39, 0.29) is 11.2 Å². The second-order valence-corrected chi connectivity index (χ2v) is 8.20. The Kier molecular flexibility index (Phi) is 5.18. The Bertz CT molecular complexity index is 1080. The Hall–Kier alpha value is -2.70.